The van der Waals surface area contributed by atoms with Crippen LogP contribution in [0, 0.1) is 18.8 Å². The number of hydrogen-bond donors (Lipinski definition) is 1. The Morgan fingerprint density at radius 2 is 1.66 bits per heavy atom. The van der Waals surface area contributed by atoms with Gasteiger partial charge in [-0.2, -0.15) is 5.10 Å². The van der Waals surface area contributed by atoms with E-state index in [-0.39, 0.29) is 30.1 Å². The molecule has 41 heavy (non-hydrogen) atoms. The summed E-state index contributed by atoms with van der Waals surface area (Å²) in [6.07, 6.45) is 1.62. The summed E-state index contributed by atoms with van der Waals surface area (Å²) in [7, 11) is 0. The fourth-order valence-electron chi connectivity index (χ4n) is 7.31. The van der Waals surface area contributed by atoms with Crippen LogP contribution in [0.2, 0.25) is 5.02 Å². The van der Waals surface area contributed by atoms with E-state index in [0.29, 0.717) is 23.9 Å². The van der Waals surface area contributed by atoms with Gasteiger partial charge in [0.15, 0.2) is 5.79 Å². The quantitative estimate of drug-likeness (QED) is 0.278. The highest BCUT2D eigenvalue weighted by Gasteiger charge is 2.68. The minimum atomic E-state index is -1.09. The SMILES string of the molecule is Cc1ccc(Cl)cc1N1C(=O)[C@@H]2C3c4ccccc4C(/C=N\NC(=O)CC4(C)OCCO4)(c4ccccc43)[C@@H]2C1=O. The first-order chi connectivity index (χ1) is 19.7. The number of aryl methyl sites for hydroxylation is 1. The molecule has 8 rings (SSSR count). The van der Waals surface area contributed by atoms with Crippen molar-refractivity contribution in [2.45, 2.75) is 37.4 Å². The van der Waals surface area contributed by atoms with E-state index in [1.807, 2.05) is 61.5 Å². The van der Waals surface area contributed by atoms with Gasteiger partial charge in [-0.05, 0) is 53.8 Å². The van der Waals surface area contributed by atoms with Gasteiger partial charge in [0.2, 0.25) is 17.7 Å². The Bertz CT molecular complexity index is 1600. The van der Waals surface area contributed by atoms with E-state index in [1.54, 1.807) is 25.3 Å². The van der Waals surface area contributed by atoms with Gasteiger partial charge in [0, 0.05) is 17.2 Å². The molecule has 3 amide bonds. The number of carbonyl (C=O) groups is 3. The van der Waals surface area contributed by atoms with E-state index >= 15 is 0 Å². The summed E-state index contributed by atoms with van der Waals surface area (Å²) in [6.45, 7) is 4.42. The van der Waals surface area contributed by atoms with Gasteiger partial charge in [0.25, 0.3) is 0 Å². The Morgan fingerprint density at radius 1 is 1.02 bits per heavy atom. The number of nitrogens with one attached hydrogen (secondary N) is 1. The molecule has 0 unspecified atom stereocenters. The third kappa shape index (κ3) is 3.74. The number of halogens is 1. The Hall–Kier alpha value is -3.85. The number of hydrazone groups is 1. The van der Waals surface area contributed by atoms with Crippen LogP contribution < -0.4 is 10.3 Å². The number of rotatable bonds is 5. The predicted molar refractivity (Wildman–Crippen MR) is 153 cm³/mol. The average molecular weight is 570 g/mol. The molecule has 2 atom stereocenters. The molecule has 0 aromatic heterocycles. The Labute approximate surface area is 242 Å². The molecule has 2 bridgehead atoms. The lowest BCUT2D eigenvalue weighted by Gasteiger charge is -2.52. The first-order valence-corrected chi connectivity index (χ1v) is 14.1. The van der Waals surface area contributed by atoms with Crippen LogP contribution in [-0.2, 0) is 29.3 Å². The lowest BCUT2D eigenvalue weighted by Crippen LogP contribution is -2.54. The standard InChI is InChI=1S/C32H28ClN3O5/c1-18-11-12-19(33)15-24(18)36-29(38)27-26-20-7-3-5-9-22(20)32(28(27)30(36)39,23-10-6-4-8-21(23)26)17-34-35-25(37)16-31(2)40-13-14-41-31/h3-12,15,17,26-28H,13-14,16H2,1-2H3,(H,35,37)/b34-17-/t26?,27-,28+,32?/m1/s1. The fraction of sp³-hybridized carbons (Fsp3) is 0.312. The van der Waals surface area contributed by atoms with Crippen LogP contribution in [0.1, 0.15) is 47.1 Å². The molecule has 0 radical (unpaired) electrons. The first kappa shape index (κ1) is 26.1. The van der Waals surface area contributed by atoms with Gasteiger partial charge in [-0.25, -0.2) is 10.3 Å². The van der Waals surface area contributed by atoms with Crippen LogP contribution in [0.15, 0.2) is 71.8 Å². The summed E-state index contributed by atoms with van der Waals surface area (Å²) in [6, 6.07) is 21.0. The second-order valence-corrected chi connectivity index (χ2v) is 11.7. The van der Waals surface area contributed by atoms with Gasteiger partial charge >= 0.3 is 0 Å². The van der Waals surface area contributed by atoms with Gasteiger partial charge in [-0.3, -0.25) is 14.4 Å². The van der Waals surface area contributed by atoms with Crippen LogP contribution in [0.4, 0.5) is 5.69 Å². The molecular formula is C32H28ClN3O5. The number of benzene rings is 3. The number of hydrogen-bond acceptors (Lipinski definition) is 6. The maximum absolute atomic E-state index is 14.5. The van der Waals surface area contributed by atoms with Crippen LogP contribution in [-0.4, -0.2) is 42.9 Å². The van der Waals surface area contributed by atoms with Crippen molar-refractivity contribution in [3.05, 3.63) is 99.6 Å². The van der Waals surface area contributed by atoms with Crippen LogP contribution in [0.25, 0.3) is 0 Å². The monoisotopic (exact) mass is 569 g/mol. The molecular weight excluding hydrogens is 542 g/mol. The van der Waals surface area contributed by atoms with E-state index in [1.165, 1.54) is 4.90 Å². The first-order valence-electron chi connectivity index (χ1n) is 13.7. The summed E-state index contributed by atoms with van der Waals surface area (Å²) in [4.78, 5) is 42.9. The molecule has 3 aliphatic carbocycles. The third-order valence-electron chi connectivity index (χ3n) is 8.93. The van der Waals surface area contributed by atoms with Gasteiger partial charge in [0.05, 0.1) is 42.6 Å². The van der Waals surface area contributed by atoms with E-state index in [4.69, 9.17) is 21.1 Å². The molecule has 2 heterocycles. The highest BCUT2D eigenvalue weighted by Crippen LogP contribution is 2.63. The van der Waals surface area contributed by atoms with Crippen molar-refractivity contribution in [3.63, 3.8) is 0 Å². The van der Waals surface area contributed by atoms with E-state index in [0.717, 1.165) is 27.8 Å². The molecule has 2 aliphatic heterocycles. The molecule has 3 aromatic carbocycles. The Balaban J connectivity index is 1.37. The Morgan fingerprint density at radius 3 is 2.32 bits per heavy atom. The highest BCUT2D eigenvalue weighted by atomic mass is 35.5. The number of ether oxygens (including phenoxy) is 2. The Kier molecular flexibility index (Phi) is 5.94. The number of imide groups is 1. The van der Waals surface area contributed by atoms with Crippen molar-refractivity contribution in [3.8, 4) is 0 Å². The van der Waals surface area contributed by atoms with Crippen LogP contribution in [0.3, 0.4) is 0 Å². The van der Waals surface area contributed by atoms with Crippen LogP contribution in [0.5, 0.6) is 0 Å². The second kappa shape index (κ2) is 9.34. The number of carbonyl (C=O) groups excluding carboxylic acids is 3. The van der Waals surface area contributed by atoms with Crippen molar-refractivity contribution in [2.75, 3.05) is 18.1 Å². The van der Waals surface area contributed by atoms with E-state index < -0.39 is 23.0 Å². The lowest BCUT2D eigenvalue weighted by molar-refractivity contribution is -0.159. The summed E-state index contributed by atoms with van der Waals surface area (Å²) >= 11 is 6.33. The van der Waals surface area contributed by atoms with E-state index in [2.05, 4.69) is 10.5 Å². The van der Waals surface area contributed by atoms with E-state index in [9.17, 15) is 14.4 Å². The highest BCUT2D eigenvalue weighted by molar-refractivity contribution is 6.31. The molecule has 9 heteroatoms. The second-order valence-electron chi connectivity index (χ2n) is 11.3. The van der Waals surface area contributed by atoms with Gasteiger partial charge in [-0.1, -0.05) is 66.2 Å². The number of amides is 3. The molecule has 208 valence electrons. The normalized spacial score (nSPS) is 27.2. The van der Waals surface area contributed by atoms with Crippen molar-refractivity contribution in [1.29, 1.82) is 0 Å². The van der Waals surface area contributed by atoms with Crippen LogP contribution >= 0.6 is 11.6 Å². The van der Waals surface area contributed by atoms with Crippen molar-refractivity contribution in [1.82, 2.24) is 5.43 Å². The van der Waals surface area contributed by atoms with Gasteiger partial charge in [-0.15, -0.1) is 0 Å². The summed E-state index contributed by atoms with van der Waals surface area (Å²) in [5.41, 5.74) is 6.58. The van der Waals surface area contributed by atoms with Crippen molar-refractivity contribution in [2.24, 2.45) is 16.9 Å². The smallest absolute Gasteiger partial charge is 0.245 e. The zero-order chi connectivity index (χ0) is 28.5. The molecule has 0 spiro atoms. The molecule has 8 nitrogen and oxygen atoms in total. The minimum absolute atomic E-state index is 0.0299. The van der Waals surface area contributed by atoms with Crippen molar-refractivity contribution >= 4 is 41.2 Å². The summed E-state index contributed by atoms with van der Waals surface area (Å²) < 4.78 is 11.1. The minimum Gasteiger partial charge on any atom is -0.347 e. The molecule has 1 N–H and O–H groups in total. The average Bonchev–Trinajstić information content (AvgIpc) is 3.51. The zero-order valence-corrected chi connectivity index (χ0v) is 23.4. The third-order valence-corrected chi connectivity index (χ3v) is 9.17. The molecule has 3 aromatic rings. The fourth-order valence-corrected chi connectivity index (χ4v) is 7.47. The van der Waals surface area contributed by atoms with Crippen molar-refractivity contribution < 1.29 is 23.9 Å². The van der Waals surface area contributed by atoms with Gasteiger partial charge in [0.1, 0.15) is 0 Å². The zero-order valence-electron chi connectivity index (χ0n) is 22.6. The molecule has 0 saturated carbocycles. The lowest BCUT2D eigenvalue weighted by atomic mass is 9.47. The number of anilines is 1. The maximum Gasteiger partial charge on any atom is 0.245 e. The predicted octanol–water partition coefficient (Wildman–Crippen LogP) is 4.45. The number of nitrogens with zero attached hydrogens (tertiary/aromatic N) is 2. The van der Waals surface area contributed by atoms with Gasteiger partial charge < -0.3 is 9.47 Å². The largest absolute Gasteiger partial charge is 0.347 e. The molecule has 5 aliphatic rings. The molecule has 2 fully saturated rings. The summed E-state index contributed by atoms with van der Waals surface area (Å²) in [5.74, 6) is -3.66. The topological polar surface area (TPSA) is 97.3 Å². The maximum atomic E-state index is 14.5. The molecule has 2 saturated heterocycles. The summed E-state index contributed by atoms with van der Waals surface area (Å²) in [5, 5.41) is 4.89.